The van der Waals surface area contributed by atoms with E-state index in [4.69, 9.17) is 11.6 Å². The SMILES string of the molecule is O=C(Cn1c2ccccc2c(=O)c2ccccc21)NNC(=O)Nc1ccc(Cl)cc1. The van der Waals surface area contributed by atoms with Crippen molar-refractivity contribution in [1.29, 1.82) is 0 Å². The maximum absolute atomic E-state index is 12.7. The number of nitrogens with zero attached hydrogens (tertiary/aromatic N) is 1. The van der Waals surface area contributed by atoms with Gasteiger partial charge >= 0.3 is 6.03 Å². The summed E-state index contributed by atoms with van der Waals surface area (Å²) in [5.74, 6) is -0.444. The number of halogens is 1. The van der Waals surface area contributed by atoms with Gasteiger partial charge in [0.1, 0.15) is 6.54 Å². The molecule has 3 N–H and O–H groups in total. The third-order valence-electron chi connectivity index (χ3n) is 4.60. The summed E-state index contributed by atoms with van der Waals surface area (Å²) in [5, 5.41) is 4.19. The predicted octanol–water partition coefficient (Wildman–Crippen LogP) is 3.66. The zero-order valence-electron chi connectivity index (χ0n) is 15.7. The molecular formula is C22H17ClN4O3. The molecule has 0 saturated carbocycles. The second kappa shape index (κ2) is 8.26. The molecule has 1 heterocycles. The number of urea groups is 1. The topological polar surface area (TPSA) is 92.2 Å². The standard InChI is InChI=1S/C22H17ClN4O3/c23-14-9-11-15(12-10-14)24-22(30)26-25-20(28)13-27-18-7-3-1-5-16(18)21(29)17-6-2-4-8-19(17)27/h1-12H,13H2,(H,25,28)(H2,24,26,30). The molecule has 0 radical (unpaired) electrons. The van der Waals surface area contributed by atoms with Gasteiger partial charge in [-0.25, -0.2) is 10.2 Å². The third kappa shape index (κ3) is 3.97. The lowest BCUT2D eigenvalue weighted by Crippen LogP contribution is -2.45. The predicted molar refractivity (Wildman–Crippen MR) is 117 cm³/mol. The number of carbonyl (C=O) groups is 2. The van der Waals surface area contributed by atoms with Crippen molar-refractivity contribution in [1.82, 2.24) is 15.4 Å². The van der Waals surface area contributed by atoms with Gasteiger partial charge < -0.3 is 9.88 Å². The number of pyridine rings is 1. The van der Waals surface area contributed by atoms with E-state index >= 15 is 0 Å². The minimum Gasteiger partial charge on any atom is -0.331 e. The van der Waals surface area contributed by atoms with Crippen molar-refractivity contribution in [3.05, 3.63) is 88.0 Å². The first-order valence-corrected chi connectivity index (χ1v) is 9.52. The minimum absolute atomic E-state index is 0.0808. The number of anilines is 1. The highest BCUT2D eigenvalue weighted by molar-refractivity contribution is 6.30. The van der Waals surface area contributed by atoms with Gasteiger partial charge in [0.2, 0.25) is 0 Å². The number of hydrogen-bond donors (Lipinski definition) is 3. The number of fused-ring (bicyclic) bond motifs is 2. The lowest BCUT2D eigenvalue weighted by Gasteiger charge is -2.15. The van der Waals surface area contributed by atoms with Gasteiger partial charge in [0, 0.05) is 21.5 Å². The quantitative estimate of drug-likeness (QED) is 0.349. The number of aromatic nitrogens is 1. The van der Waals surface area contributed by atoms with Gasteiger partial charge in [-0.05, 0) is 48.5 Å². The Morgan fingerprint density at radius 3 is 1.97 bits per heavy atom. The molecule has 0 atom stereocenters. The van der Waals surface area contributed by atoms with E-state index in [1.54, 1.807) is 65.2 Å². The highest BCUT2D eigenvalue weighted by atomic mass is 35.5. The van der Waals surface area contributed by atoms with E-state index in [0.717, 1.165) is 0 Å². The summed E-state index contributed by atoms with van der Waals surface area (Å²) < 4.78 is 1.75. The Morgan fingerprint density at radius 2 is 1.37 bits per heavy atom. The molecule has 0 fully saturated rings. The maximum Gasteiger partial charge on any atom is 0.337 e. The number of nitrogens with one attached hydrogen (secondary N) is 3. The molecule has 0 unspecified atom stereocenters. The molecule has 3 aromatic carbocycles. The number of para-hydroxylation sites is 2. The van der Waals surface area contributed by atoms with Gasteiger partial charge in [-0.1, -0.05) is 35.9 Å². The van der Waals surface area contributed by atoms with Crippen LogP contribution in [0.25, 0.3) is 21.8 Å². The van der Waals surface area contributed by atoms with E-state index < -0.39 is 11.9 Å². The molecule has 0 aliphatic carbocycles. The van der Waals surface area contributed by atoms with Crippen LogP contribution in [0.1, 0.15) is 0 Å². The molecule has 4 aromatic rings. The molecule has 0 saturated heterocycles. The van der Waals surface area contributed by atoms with Crippen LogP contribution in [-0.2, 0) is 11.3 Å². The van der Waals surface area contributed by atoms with E-state index in [-0.39, 0.29) is 12.0 Å². The Labute approximate surface area is 176 Å². The molecule has 0 spiro atoms. The van der Waals surface area contributed by atoms with E-state index in [1.165, 1.54) is 0 Å². The minimum atomic E-state index is -0.597. The summed E-state index contributed by atoms with van der Waals surface area (Å²) in [7, 11) is 0. The summed E-state index contributed by atoms with van der Waals surface area (Å²) in [6.45, 7) is -0.0808. The van der Waals surface area contributed by atoms with Gasteiger partial charge in [0.15, 0.2) is 5.43 Å². The van der Waals surface area contributed by atoms with Gasteiger partial charge in [0.05, 0.1) is 11.0 Å². The third-order valence-corrected chi connectivity index (χ3v) is 4.85. The van der Waals surface area contributed by atoms with Crippen molar-refractivity contribution in [2.24, 2.45) is 0 Å². The molecule has 30 heavy (non-hydrogen) atoms. The Morgan fingerprint density at radius 1 is 0.800 bits per heavy atom. The summed E-state index contributed by atoms with van der Waals surface area (Å²) in [4.78, 5) is 37.3. The van der Waals surface area contributed by atoms with Crippen molar-refractivity contribution in [3.63, 3.8) is 0 Å². The number of amides is 3. The number of hydrazine groups is 1. The van der Waals surface area contributed by atoms with Gasteiger partial charge in [-0.3, -0.25) is 15.0 Å². The zero-order valence-corrected chi connectivity index (χ0v) is 16.4. The smallest absolute Gasteiger partial charge is 0.331 e. The Hall–Kier alpha value is -3.84. The lowest BCUT2D eigenvalue weighted by atomic mass is 10.1. The van der Waals surface area contributed by atoms with Crippen LogP contribution in [0.5, 0.6) is 0 Å². The van der Waals surface area contributed by atoms with Crippen molar-refractivity contribution in [2.75, 3.05) is 5.32 Å². The average molecular weight is 421 g/mol. The second-order valence-corrected chi connectivity index (χ2v) is 7.02. The van der Waals surface area contributed by atoms with E-state index in [1.807, 2.05) is 12.1 Å². The number of carbonyl (C=O) groups excluding carboxylic acids is 2. The molecule has 7 nitrogen and oxygen atoms in total. The number of benzene rings is 3. The highest BCUT2D eigenvalue weighted by Crippen LogP contribution is 2.19. The van der Waals surface area contributed by atoms with Crippen LogP contribution >= 0.6 is 11.6 Å². The zero-order chi connectivity index (χ0) is 21.1. The van der Waals surface area contributed by atoms with Crippen molar-refractivity contribution in [2.45, 2.75) is 6.54 Å². The first-order chi connectivity index (χ1) is 14.5. The summed E-state index contributed by atoms with van der Waals surface area (Å²) in [6.07, 6.45) is 0. The molecular weight excluding hydrogens is 404 g/mol. The molecule has 4 rings (SSSR count). The largest absolute Gasteiger partial charge is 0.337 e. The van der Waals surface area contributed by atoms with Crippen LogP contribution in [0.15, 0.2) is 77.6 Å². The molecule has 3 amide bonds. The molecule has 8 heteroatoms. The molecule has 0 aliphatic rings. The number of hydrogen-bond acceptors (Lipinski definition) is 3. The second-order valence-electron chi connectivity index (χ2n) is 6.58. The summed E-state index contributed by atoms with van der Waals surface area (Å²) in [6, 6.07) is 20.2. The van der Waals surface area contributed by atoms with Gasteiger partial charge in [-0.2, -0.15) is 0 Å². The fourth-order valence-corrected chi connectivity index (χ4v) is 3.38. The van der Waals surface area contributed by atoms with Crippen LogP contribution in [0, 0.1) is 0 Å². The summed E-state index contributed by atoms with van der Waals surface area (Å²) >= 11 is 5.81. The average Bonchev–Trinajstić information content (AvgIpc) is 2.77. The molecule has 1 aromatic heterocycles. The van der Waals surface area contributed by atoms with Gasteiger partial charge in [-0.15, -0.1) is 0 Å². The molecule has 150 valence electrons. The lowest BCUT2D eigenvalue weighted by molar-refractivity contribution is -0.122. The van der Waals surface area contributed by atoms with Crippen molar-refractivity contribution in [3.8, 4) is 0 Å². The number of rotatable bonds is 3. The van der Waals surface area contributed by atoms with Gasteiger partial charge in [0.25, 0.3) is 5.91 Å². The van der Waals surface area contributed by atoms with Crippen LogP contribution in [0.3, 0.4) is 0 Å². The molecule has 0 bridgehead atoms. The normalized spacial score (nSPS) is 10.7. The highest BCUT2D eigenvalue weighted by Gasteiger charge is 2.13. The van der Waals surface area contributed by atoms with E-state index in [2.05, 4.69) is 16.2 Å². The fourth-order valence-electron chi connectivity index (χ4n) is 3.25. The Kier molecular flexibility index (Phi) is 5.36. The van der Waals surface area contributed by atoms with Crippen LogP contribution in [0.2, 0.25) is 5.02 Å². The monoisotopic (exact) mass is 420 g/mol. The Balaban J connectivity index is 1.53. The van der Waals surface area contributed by atoms with Crippen LogP contribution in [0.4, 0.5) is 10.5 Å². The summed E-state index contributed by atoms with van der Waals surface area (Å²) in [5.41, 5.74) is 6.42. The maximum atomic E-state index is 12.7. The Bertz CT molecular complexity index is 1260. The van der Waals surface area contributed by atoms with Crippen molar-refractivity contribution < 1.29 is 9.59 Å². The van der Waals surface area contributed by atoms with Crippen molar-refractivity contribution >= 4 is 51.0 Å². The fraction of sp³-hybridized carbons (Fsp3) is 0.0455. The van der Waals surface area contributed by atoms with E-state index in [9.17, 15) is 14.4 Å². The first-order valence-electron chi connectivity index (χ1n) is 9.14. The van der Waals surface area contributed by atoms with E-state index in [0.29, 0.717) is 32.5 Å². The first kappa shape index (κ1) is 19.5. The molecule has 0 aliphatic heterocycles. The van der Waals surface area contributed by atoms with Crippen LogP contribution < -0.4 is 21.6 Å². The van der Waals surface area contributed by atoms with Crippen LogP contribution in [-0.4, -0.2) is 16.5 Å².